The molecule has 1 aromatic heterocycles. The molecule has 0 saturated carbocycles. The number of hydrogen-bond acceptors (Lipinski definition) is 2. The van der Waals surface area contributed by atoms with Crippen molar-refractivity contribution in [2.75, 3.05) is 0 Å². The van der Waals surface area contributed by atoms with Crippen LogP contribution in [0.4, 0.5) is 0 Å². The number of aromatic nitrogens is 1. The first-order valence-corrected chi connectivity index (χ1v) is 3.73. The Balaban J connectivity index is 2.85. The molecule has 0 atom stereocenters. The molecular weight excluding hydrogens is 154 g/mol. The van der Waals surface area contributed by atoms with Gasteiger partial charge in [0.1, 0.15) is 5.15 Å². The fraction of sp³-hybridized carbons (Fsp3) is 0.167. The van der Waals surface area contributed by atoms with E-state index in [-0.39, 0.29) is 0 Å². The highest BCUT2D eigenvalue weighted by Crippen LogP contribution is 2.15. The Bertz CT molecular complexity index is 217. The Morgan fingerprint density at radius 3 is 3.00 bits per heavy atom. The van der Waals surface area contributed by atoms with Gasteiger partial charge < -0.3 is 0 Å². The van der Waals surface area contributed by atoms with Crippen LogP contribution in [0.15, 0.2) is 12.1 Å². The van der Waals surface area contributed by atoms with Crippen LogP contribution in [-0.4, -0.2) is 4.37 Å². The van der Waals surface area contributed by atoms with Crippen LogP contribution < -0.4 is 0 Å². The van der Waals surface area contributed by atoms with Gasteiger partial charge in [-0.1, -0.05) is 17.7 Å². The Morgan fingerprint density at radius 1 is 1.78 bits per heavy atom. The van der Waals surface area contributed by atoms with Crippen LogP contribution in [0.3, 0.4) is 0 Å². The van der Waals surface area contributed by atoms with E-state index in [2.05, 4.69) is 4.37 Å². The minimum absolute atomic E-state index is 0.577. The molecule has 0 unspecified atom stereocenters. The predicted octanol–water partition coefficient (Wildman–Crippen LogP) is 2.83. The van der Waals surface area contributed by atoms with Crippen molar-refractivity contribution in [2.24, 2.45) is 0 Å². The van der Waals surface area contributed by atoms with Crippen molar-refractivity contribution in [3.8, 4) is 0 Å². The highest BCUT2D eigenvalue weighted by Gasteiger charge is 1.91. The van der Waals surface area contributed by atoms with Gasteiger partial charge in [-0.3, -0.25) is 0 Å². The maximum absolute atomic E-state index is 5.56. The molecule has 0 aliphatic rings. The first-order chi connectivity index (χ1) is 4.33. The molecule has 1 heterocycles. The van der Waals surface area contributed by atoms with Gasteiger partial charge in [-0.25, -0.2) is 0 Å². The number of rotatable bonds is 1. The van der Waals surface area contributed by atoms with Gasteiger partial charge in [0.05, 0.1) is 0 Å². The SMILES string of the molecule is C/C=C/c1cc(Cl)ns1. The van der Waals surface area contributed by atoms with E-state index in [0.29, 0.717) is 5.15 Å². The third kappa shape index (κ3) is 1.80. The van der Waals surface area contributed by atoms with E-state index in [0.717, 1.165) is 4.88 Å². The molecule has 0 aromatic carbocycles. The number of allylic oxidation sites excluding steroid dienone is 1. The largest absolute Gasteiger partial charge is 0.180 e. The van der Waals surface area contributed by atoms with Crippen LogP contribution >= 0.6 is 23.1 Å². The average Bonchev–Trinajstić information content (AvgIpc) is 2.17. The summed E-state index contributed by atoms with van der Waals surface area (Å²) in [6, 6.07) is 1.84. The Hall–Kier alpha value is -0.340. The van der Waals surface area contributed by atoms with Crippen molar-refractivity contribution in [1.29, 1.82) is 0 Å². The van der Waals surface area contributed by atoms with Crippen LogP contribution in [0.25, 0.3) is 6.08 Å². The van der Waals surface area contributed by atoms with Gasteiger partial charge in [-0.2, -0.15) is 4.37 Å². The summed E-state index contributed by atoms with van der Waals surface area (Å²) in [5, 5.41) is 0.577. The lowest BCUT2D eigenvalue weighted by atomic mass is 10.4. The van der Waals surface area contributed by atoms with Gasteiger partial charge in [0.15, 0.2) is 0 Å². The summed E-state index contributed by atoms with van der Waals surface area (Å²) in [4.78, 5) is 1.10. The molecule has 0 fully saturated rings. The fourth-order valence-electron chi connectivity index (χ4n) is 0.509. The molecule has 1 rings (SSSR count). The van der Waals surface area contributed by atoms with Crippen molar-refractivity contribution in [3.63, 3.8) is 0 Å². The number of halogens is 1. The van der Waals surface area contributed by atoms with Crippen molar-refractivity contribution >= 4 is 29.2 Å². The molecule has 9 heavy (non-hydrogen) atoms. The number of nitrogens with zero attached hydrogens (tertiary/aromatic N) is 1. The summed E-state index contributed by atoms with van der Waals surface area (Å²) in [7, 11) is 0. The molecule has 0 radical (unpaired) electrons. The normalized spacial score (nSPS) is 10.9. The maximum Gasteiger partial charge on any atom is 0.143 e. The van der Waals surface area contributed by atoms with E-state index in [1.165, 1.54) is 11.5 Å². The second-order valence-electron chi connectivity index (χ2n) is 1.55. The Labute approximate surface area is 63.1 Å². The first-order valence-electron chi connectivity index (χ1n) is 2.58. The summed E-state index contributed by atoms with van der Waals surface area (Å²) < 4.78 is 3.89. The van der Waals surface area contributed by atoms with Gasteiger partial charge in [0.2, 0.25) is 0 Å². The predicted molar refractivity (Wildman–Crippen MR) is 41.8 cm³/mol. The zero-order valence-electron chi connectivity index (χ0n) is 4.97. The Morgan fingerprint density at radius 2 is 2.56 bits per heavy atom. The molecule has 1 nitrogen and oxygen atoms in total. The summed E-state index contributed by atoms with van der Waals surface area (Å²) in [6.07, 6.45) is 3.94. The van der Waals surface area contributed by atoms with E-state index < -0.39 is 0 Å². The first kappa shape index (κ1) is 6.78. The monoisotopic (exact) mass is 159 g/mol. The van der Waals surface area contributed by atoms with Crippen LogP contribution in [0, 0.1) is 0 Å². The summed E-state index contributed by atoms with van der Waals surface area (Å²) in [5.74, 6) is 0. The molecule has 0 N–H and O–H groups in total. The quantitative estimate of drug-likeness (QED) is 0.614. The molecule has 0 spiro atoms. The lowest BCUT2D eigenvalue weighted by Gasteiger charge is -1.73. The highest BCUT2D eigenvalue weighted by atomic mass is 35.5. The van der Waals surface area contributed by atoms with Crippen LogP contribution in [0.2, 0.25) is 5.15 Å². The smallest absolute Gasteiger partial charge is 0.143 e. The molecule has 1 aromatic rings. The maximum atomic E-state index is 5.56. The van der Waals surface area contributed by atoms with Crippen molar-refractivity contribution in [3.05, 3.63) is 22.2 Å². The molecule has 0 amide bonds. The van der Waals surface area contributed by atoms with E-state index in [4.69, 9.17) is 11.6 Å². The third-order valence-electron chi connectivity index (χ3n) is 0.831. The molecule has 3 heteroatoms. The highest BCUT2D eigenvalue weighted by molar-refractivity contribution is 7.07. The molecule has 0 bridgehead atoms. The summed E-state index contributed by atoms with van der Waals surface area (Å²) in [5.41, 5.74) is 0. The fourth-order valence-corrected chi connectivity index (χ4v) is 1.40. The van der Waals surface area contributed by atoms with E-state index in [1.54, 1.807) is 0 Å². The topological polar surface area (TPSA) is 12.9 Å². The standard InChI is InChI=1S/C6H6ClNS/c1-2-3-5-4-6(7)8-9-5/h2-4H,1H3/b3-2+. The minimum atomic E-state index is 0.577. The van der Waals surface area contributed by atoms with Crippen LogP contribution in [0.1, 0.15) is 11.8 Å². The van der Waals surface area contributed by atoms with E-state index in [9.17, 15) is 0 Å². The van der Waals surface area contributed by atoms with Crippen LogP contribution in [0.5, 0.6) is 0 Å². The second-order valence-corrected chi connectivity index (χ2v) is 2.78. The molecule has 48 valence electrons. The second kappa shape index (κ2) is 2.99. The molecule has 0 aliphatic carbocycles. The van der Waals surface area contributed by atoms with Gasteiger partial charge in [-0.15, -0.1) is 0 Å². The summed E-state index contributed by atoms with van der Waals surface area (Å²) >= 11 is 6.97. The van der Waals surface area contributed by atoms with E-state index >= 15 is 0 Å². The van der Waals surface area contributed by atoms with Gasteiger partial charge >= 0.3 is 0 Å². The lowest BCUT2D eigenvalue weighted by Crippen LogP contribution is -1.52. The lowest BCUT2D eigenvalue weighted by molar-refractivity contribution is 1.58. The third-order valence-corrected chi connectivity index (χ3v) is 1.88. The van der Waals surface area contributed by atoms with Crippen molar-refractivity contribution in [1.82, 2.24) is 4.37 Å². The molecular formula is C6H6ClNS. The van der Waals surface area contributed by atoms with Gasteiger partial charge in [-0.05, 0) is 30.6 Å². The zero-order valence-corrected chi connectivity index (χ0v) is 6.54. The van der Waals surface area contributed by atoms with E-state index in [1.807, 2.05) is 25.1 Å². The summed E-state index contributed by atoms with van der Waals surface area (Å²) in [6.45, 7) is 1.97. The number of hydrogen-bond donors (Lipinski definition) is 0. The van der Waals surface area contributed by atoms with Gasteiger partial charge in [0.25, 0.3) is 0 Å². The van der Waals surface area contributed by atoms with Gasteiger partial charge in [0, 0.05) is 4.88 Å². The Kier molecular flexibility index (Phi) is 2.25. The van der Waals surface area contributed by atoms with Crippen molar-refractivity contribution in [2.45, 2.75) is 6.92 Å². The van der Waals surface area contributed by atoms with Crippen molar-refractivity contribution < 1.29 is 0 Å². The van der Waals surface area contributed by atoms with Crippen LogP contribution in [-0.2, 0) is 0 Å². The molecule has 0 aliphatic heterocycles. The average molecular weight is 160 g/mol. The minimum Gasteiger partial charge on any atom is -0.180 e. The zero-order chi connectivity index (χ0) is 6.69. The molecule has 0 saturated heterocycles.